The highest BCUT2D eigenvalue weighted by Crippen LogP contribution is 2.21. The molecule has 0 fully saturated rings. The normalized spacial score (nSPS) is 10.7. The molecule has 0 atom stereocenters. The fourth-order valence-corrected chi connectivity index (χ4v) is 1.62. The highest BCUT2D eigenvalue weighted by atomic mass is 16.5. The molecule has 1 heterocycles. The van der Waals surface area contributed by atoms with Crippen molar-refractivity contribution in [2.75, 3.05) is 13.2 Å². The van der Waals surface area contributed by atoms with E-state index in [0.717, 1.165) is 10.9 Å². The lowest BCUT2D eigenvalue weighted by Gasteiger charge is -2.06. The summed E-state index contributed by atoms with van der Waals surface area (Å²) in [6.45, 7) is 2.88. The molecule has 17 heavy (non-hydrogen) atoms. The summed E-state index contributed by atoms with van der Waals surface area (Å²) >= 11 is 0. The van der Waals surface area contributed by atoms with Gasteiger partial charge >= 0.3 is 5.63 Å². The number of hydrogen-bond acceptors (Lipinski definition) is 5. The quantitative estimate of drug-likeness (QED) is 0.356. The van der Waals surface area contributed by atoms with Gasteiger partial charge in [0, 0.05) is 24.1 Å². The molecule has 0 amide bonds. The molecule has 0 aliphatic heterocycles. The van der Waals surface area contributed by atoms with Crippen LogP contribution in [0.5, 0.6) is 5.75 Å². The molecule has 2 aromatic rings. The molecule has 3 N–H and O–H groups in total. The van der Waals surface area contributed by atoms with Gasteiger partial charge in [0.15, 0.2) is 0 Å². The van der Waals surface area contributed by atoms with Gasteiger partial charge in [0.2, 0.25) is 0 Å². The number of fused-ring (bicyclic) bond motifs is 1. The number of nitrogens with one attached hydrogen (secondary N) is 1. The van der Waals surface area contributed by atoms with E-state index in [1.807, 2.05) is 19.1 Å². The van der Waals surface area contributed by atoms with Gasteiger partial charge in [-0.2, -0.15) is 0 Å². The highest BCUT2D eigenvalue weighted by Gasteiger charge is 2.03. The van der Waals surface area contributed by atoms with Crippen LogP contribution in [0.25, 0.3) is 11.0 Å². The second-order valence-corrected chi connectivity index (χ2v) is 3.71. The Bertz CT molecular complexity index is 577. The van der Waals surface area contributed by atoms with Crippen molar-refractivity contribution in [1.29, 1.82) is 0 Å². The average molecular weight is 234 g/mol. The van der Waals surface area contributed by atoms with Gasteiger partial charge < -0.3 is 9.15 Å². The van der Waals surface area contributed by atoms with Gasteiger partial charge in [-0.05, 0) is 24.6 Å². The number of ether oxygens (including phenoxy) is 1. The fraction of sp³-hybridized carbons (Fsp3) is 0.250. The number of aryl methyl sites for hydroxylation is 1. The number of hydrazine groups is 1. The van der Waals surface area contributed by atoms with E-state index in [-0.39, 0.29) is 5.63 Å². The smallest absolute Gasteiger partial charge is 0.336 e. The first-order valence-corrected chi connectivity index (χ1v) is 5.31. The van der Waals surface area contributed by atoms with Crippen molar-refractivity contribution in [3.05, 3.63) is 40.2 Å². The van der Waals surface area contributed by atoms with Crippen LogP contribution in [0.4, 0.5) is 0 Å². The summed E-state index contributed by atoms with van der Waals surface area (Å²) in [5, 5.41) is 0.911. The van der Waals surface area contributed by atoms with Crippen molar-refractivity contribution >= 4 is 11.0 Å². The SMILES string of the molecule is Cc1cc(=O)oc2cc(OCCNN)ccc12. The van der Waals surface area contributed by atoms with Gasteiger partial charge in [-0.1, -0.05) is 0 Å². The van der Waals surface area contributed by atoms with E-state index in [1.165, 1.54) is 6.07 Å². The first-order valence-electron chi connectivity index (χ1n) is 5.31. The Morgan fingerprint density at radius 1 is 1.41 bits per heavy atom. The van der Waals surface area contributed by atoms with Crippen LogP contribution in [0.15, 0.2) is 33.5 Å². The van der Waals surface area contributed by atoms with Crippen LogP contribution in [0.3, 0.4) is 0 Å². The lowest BCUT2D eigenvalue weighted by Crippen LogP contribution is -2.27. The highest BCUT2D eigenvalue weighted by molar-refractivity contribution is 5.81. The Hall–Kier alpha value is -1.85. The maximum Gasteiger partial charge on any atom is 0.336 e. The van der Waals surface area contributed by atoms with Crippen LogP contribution in [0.2, 0.25) is 0 Å². The number of rotatable bonds is 4. The molecule has 0 aliphatic carbocycles. The molecule has 90 valence electrons. The first kappa shape index (κ1) is 11.6. The molecule has 0 bridgehead atoms. The molecule has 1 aromatic carbocycles. The minimum absolute atomic E-state index is 0.351. The molecule has 2 rings (SSSR count). The number of hydrogen-bond donors (Lipinski definition) is 2. The molecule has 0 saturated heterocycles. The van der Waals surface area contributed by atoms with E-state index in [1.54, 1.807) is 6.07 Å². The number of nitrogens with two attached hydrogens (primary N) is 1. The predicted molar refractivity (Wildman–Crippen MR) is 64.9 cm³/mol. The summed E-state index contributed by atoms with van der Waals surface area (Å²) in [6.07, 6.45) is 0. The van der Waals surface area contributed by atoms with Gasteiger partial charge in [0.25, 0.3) is 0 Å². The largest absolute Gasteiger partial charge is 0.492 e. The third-order valence-electron chi connectivity index (χ3n) is 2.44. The minimum atomic E-state index is -0.351. The zero-order valence-corrected chi connectivity index (χ0v) is 9.53. The Morgan fingerprint density at radius 2 is 2.24 bits per heavy atom. The zero-order chi connectivity index (χ0) is 12.3. The van der Waals surface area contributed by atoms with Gasteiger partial charge in [-0.25, -0.2) is 4.79 Å². The molecule has 5 nitrogen and oxygen atoms in total. The second-order valence-electron chi connectivity index (χ2n) is 3.71. The third-order valence-corrected chi connectivity index (χ3v) is 2.44. The van der Waals surface area contributed by atoms with Crippen LogP contribution in [0, 0.1) is 6.92 Å². The average Bonchev–Trinajstić information content (AvgIpc) is 2.28. The Balaban J connectivity index is 2.33. The van der Waals surface area contributed by atoms with E-state index < -0.39 is 0 Å². The Morgan fingerprint density at radius 3 is 3.00 bits per heavy atom. The molecular formula is C12H14N2O3. The second kappa shape index (κ2) is 4.99. The van der Waals surface area contributed by atoms with Crippen LogP contribution in [-0.2, 0) is 0 Å². The lowest BCUT2D eigenvalue weighted by molar-refractivity contribution is 0.315. The Kier molecular flexibility index (Phi) is 3.41. The summed E-state index contributed by atoms with van der Waals surface area (Å²) in [4.78, 5) is 11.2. The van der Waals surface area contributed by atoms with Gasteiger partial charge in [-0.15, -0.1) is 0 Å². The van der Waals surface area contributed by atoms with Crippen LogP contribution < -0.4 is 21.6 Å². The fourth-order valence-electron chi connectivity index (χ4n) is 1.62. The predicted octanol–water partition coefficient (Wildman–Crippen LogP) is 0.944. The summed E-state index contributed by atoms with van der Waals surface area (Å²) in [7, 11) is 0. The molecule has 1 aromatic heterocycles. The maximum absolute atomic E-state index is 11.2. The summed E-state index contributed by atoms with van der Waals surface area (Å²) in [5.41, 5.74) is 3.57. The maximum atomic E-state index is 11.2. The van der Waals surface area contributed by atoms with E-state index in [2.05, 4.69) is 5.43 Å². The molecule has 0 unspecified atom stereocenters. The molecule has 0 aliphatic rings. The summed E-state index contributed by atoms with van der Waals surface area (Å²) in [6, 6.07) is 6.89. The first-order chi connectivity index (χ1) is 8.20. The molecule has 5 heteroatoms. The zero-order valence-electron chi connectivity index (χ0n) is 9.53. The molecular weight excluding hydrogens is 220 g/mol. The van der Waals surface area contributed by atoms with Crippen LogP contribution in [0.1, 0.15) is 5.56 Å². The van der Waals surface area contributed by atoms with Crippen molar-refractivity contribution in [3.63, 3.8) is 0 Å². The molecule has 0 saturated carbocycles. The molecule has 0 radical (unpaired) electrons. The topological polar surface area (TPSA) is 77.5 Å². The Labute approximate surface area is 98.1 Å². The van der Waals surface area contributed by atoms with E-state index in [4.69, 9.17) is 15.0 Å². The van der Waals surface area contributed by atoms with Crippen molar-refractivity contribution < 1.29 is 9.15 Å². The minimum Gasteiger partial charge on any atom is -0.492 e. The van der Waals surface area contributed by atoms with Gasteiger partial charge in [0.1, 0.15) is 17.9 Å². The lowest BCUT2D eigenvalue weighted by atomic mass is 10.1. The van der Waals surface area contributed by atoms with Crippen molar-refractivity contribution in [2.45, 2.75) is 6.92 Å². The summed E-state index contributed by atoms with van der Waals surface area (Å²) in [5.74, 6) is 5.79. The third kappa shape index (κ3) is 2.64. The monoisotopic (exact) mass is 234 g/mol. The van der Waals surface area contributed by atoms with E-state index >= 15 is 0 Å². The molecule has 0 spiro atoms. The van der Waals surface area contributed by atoms with Crippen molar-refractivity contribution in [3.8, 4) is 5.75 Å². The van der Waals surface area contributed by atoms with Crippen LogP contribution >= 0.6 is 0 Å². The van der Waals surface area contributed by atoms with Gasteiger partial charge in [-0.3, -0.25) is 11.3 Å². The van der Waals surface area contributed by atoms with E-state index in [0.29, 0.717) is 24.5 Å². The standard InChI is InChI=1S/C12H14N2O3/c1-8-6-12(15)17-11-7-9(2-3-10(8)11)16-5-4-14-13/h2-3,6-7,14H,4-5,13H2,1H3. The van der Waals surface area contributed by atoms with Crippen LogP contribution in [-0.4, -0.2) is 13.2 Å². The van der Waals surface area contributed by atoms with Gasteiger partial charge in [0.05, 0.1) is 0 Å². The van der Waals surface area contributed by atoms with Crippen molar-refractivity contribution in [2.24, 2.45) is 5.84 Å². The number of benzene rings is 1. The van der Waals surface area contributed by atoms with E-state index in [9.17, 15) is 4.79 Å². The van der Waals surface area contributed by atoms with Crippen molar-refractivity contribution in [1.82, 2.24) is 5.43 Å². The summed E-state index contributed by atoms with van der Waals surface area (Å²) < 4.78 is 10.5.